The van der Waals surface area contributed by atoms with E-state index in [-0.39, 0.29) is 17.5 Å². The minimum Gasteiger partial charge on any atom is -0.348 e. The number of pyridine rings is 3. The Morgan fingerprint density at radius 1 is 0.808 bits per heavy atom. The fourth-order valence-corrected chi connectivity index (χ4v) is 2.26. The Hall–Kier alpha value is -3.61. The van der Waals surface area contributed by atoms with Crippen LogP contribution in [0.5, 0.6) is 0 Å². The molecular weight excluding hydrogens is 330 g/mol. The normalized spacial score (nSPS) is 10.2. The summed E-state index contributed by atoms with van der Waals surface area (Å²) in [5, 5.41) is 5.56. The molecule has 0 bridgehead atoms. The van der Waals surface area contributed by atoms with Crippen LogP contribution in [0.15, 0.2) is 67.4 Å². The van der Waals surface area contributed by atoms with Crippen LogP contribution in [0.25, 0.3) is 0 Å². The Labute approximate surface area is 150 Å². The molecule has 0 spiro atoms. The highest BCUT2D eigenvalue weighted by Crippen LogP contribution is 2.04. The molecule has 0 atom stereocenters. The van der Waals surface area contributed by atoms with Crippen molar-refractivity contribution >= 4 is 11.8 Å². The Morgan fingerprint density at radius 2 is 1.58 bits per heavy atom. The first-order valence-corrected chi connectivity index (χ1v) is 8.02. The molecule has 0 fully saturated rings. The number of amides is 2. The SMILES string of the molecule is O=C(NCc1ccncc1)c1ccnc(C(=O)NCc2cccnc2)c1. The van der Waals surface area contributed by atoms with Crippen molar-refractivity contribution in [1.82, 2.24) is 25.6 Å². The molecule has 3 rings (SSSR count). The van der Waals surface area contributed by atoms with Gasteiger partial charge >= 0.3 is 0 Å². The maximum absolute atomic E-state index is 12.3. The quantitative estimate of drug-likeness (QED) is 0.708. The van der Waals surface area contributed by atoms with Crippen LogP contribution in [0.1, 0.15) is 32.0 Å². The smallest absolute Gasteiger partial charge is 0.270 e. The summed E-state index contributed by atoms with van der Waals surface area (Å²) in [6, 6.07) is 10.4. The second-order valence-electron chi connectivity index (χ2n) is 5.51. The summed E-state index contributed by atoms with van der Waals surface area (Å²) in [6.45, 7) is 0.721. The van der Waals surface area contributed by atoms with E-state index in [1.165, 1.54) is 12.3 Å². The van der Waals surface area contributed by atoms with E-state index >= 15 is 0 Å². The summed E-state index contributed by atoms with van der Waals surface area (Å²) in [7, 11) is 0. The molecule has 0 radical (unpaired) electrons. The number of carbonyl (C=O) groups is 2. The fourth-order valence-electron chi connectivity index (χ4n) is 2.26. The molecule has 0 unspecified atom stereocenters. The summed E-state index contributed by atoms with van der Waals surface area (Å²) >= 11 is 0. The number of hydrogen-bond acceptors (Lipinski definition) is 5. The van der Waals surface area contributed by atoms with Crippen LogP contribution in [-0.2, 0) is 13.1 Å². The summed E-state index contributed by atoms with van der Waals surface area (Å²) in [5.41, 5.74) is 2.38. The van der Waals surface area contributed by atoms with Gasteiger partial charge in [-0.1, -0.05) is 6.07 Å². The third-order valence-electron chi connectivity index (χ3n) is 3.63. The van der Waals surface area contributed by atoms with E-state index < -0.39 is 0 Å². The molecule has 0 saturated carbocycles. The van der Waals surface area contributed by atoms with E-state index in [0.717, 1.165) is 11.1 Å². The average molecular weight is 347 g/mol. The molecule has 0 aliphatic rings. The highest BCUT2D eigenvalue weighted by atomic mass is 16.2. The molecule has 0 saturated heterocycles. The first kappa shape index (κ1) is 17.2. The first-order valence-electron chi connectivity index (χ1n) is 8.02. The van der Waals surface area contributed by atoms with Crippen molar-refractivity contribution in [3.8, 4) is 0 Å². The van der Waals surface area contributed by atoms with Gasteiger partial charge in [0.05, 0.1) is 0 Å². The maximum atomic E-state index is 12.3. The molecule has 3 aromatic rings. The Bertz CT molecular complexity index is 814. The Kier molecular flexibility index (Phi) is 5.61. The third-order valence-corrected chi connectivity index (χ3v) is 3.63. The lowest BCUT2D eigenvalue weighted by Crippen LogP contribution is -2.26. The van der Waals surface area contributed by atoms with E-state index in [1.54, 1.807) is 36.9 Å². The second kappa shape index (κ2) is 8.48. The van der Waals surface area contributed by atoms with Crippen LogP contribution >= 0.6 is 0 Å². The van der Waals surface area contributed by atoms with Crippen molar-refractivity contribution in [1.29, 1.82) is 0 Å². The van der Waals surface area contributed by atoms with E-state index in [1.807, 2.05) is 18.2 Å². The standard InChI is InChI=1S/C19H17N5O2/c25-18(23-12-14-3-7-20-8-4-14)16-5-9-22-17(10-16)19(26)24-13-15-2-1-6-21-11-15/h1-11H,12-13H2,(H,23,25)(H,24,26). The predicted octanol–water partition coefficient (Wildman–Crippen LogP) is 1.73. The highest BCUT2D eigenvalue weighted by Gasteiger charge is 2.11. The zero-order chi connectivity index (χ0) is 18.2. The summed E-state index contributed by atoms with van der Waals surface area (Å²) < 4.78 is 0. The van der Waals surface area contributed by atoms with Crippen molar-refractivity contribution in [2.24, 2.45) is 0 Å². The van der Waals surface area contributed by atoms with Gasteiger partial charge < -0.3 is 10.6 Å². The lowest BCUT2D eigenvalue weighted by atomic mass is 10.2. The zero-order valence-corrected chi connectivity index (χ0v) is 13.9. The molecule has 2 N–H and O–H groups in total. The summed E-state index contributed by atoms with van der Waals surface area (Å²) in [4.78, 5) is 36.5. The van der Waals surface area contributed by atoms with Gasteiger partial charge in [0.2, 0.25) is 0 Å². The number of nitrogens with zero attached hydrogens (tertiary/aromatic N) is 3. The molecule has 0 aliphatic heterocycles. The number of nitrogens with one attached hydrogen (secondary N) is 2. The van der Waals surface area contributed by atoms with Crippen LogP contribution in [0.4, 0.5) is 0 Å². The van der Waals surface area contributed by atoms with Crippen molar-refractivity contribution < 1.29 is 9.59 Å². The van der Waals surface area contributed by atoms with Crippen molar-refractivity contribution in [3.63, 3.8) is 0 Å². The number of rotatable bonds is 6. The lowest BCUT2D eigenvalue weighted by molar-refractivity contribution is 0.0946. The van der Waals surface area contributed by atoms with Crippen molar-refractivity contribution in [2.45, 2.75) is 13.1 Å². The summed E-state index contributed by atoms with van der Waals surface area (Å²) in [5.74, 6) is -0.622. The summed E-state index contributed by atoms with van der Waals surface area (Å²) in [6.07, 6.45) is 8.12. The van der Waals surface area contributed by atoms with Crippen LogP contribution in [0, 0.1) is 0 Å². The van der Waals surface area contributed by atoms with Gasteiger partial charge in [-0.2, -0.15) is 0 Å². The Balaban J connectivity index is 1.60. The van der Waals surface area contributed by atoms with Crippen LogP contribution in [0.2, 0.25) is 0 Å². The highest BCUT2D eigenvalue weighted by molar-refractivity contribution is 5.98. The van der Waals surface area contributed by atoms with E-state index in [2.05, 4.69) is 25.6 Å². The zero-order valence-electron chi connectivity index (χ0n) is 13.9. The van der Waals surface area contributed by atoms with Crippen LogP contribution in [0.3, 0.4) is 0 Å². The van der Waals surface area contributed by atoms with Crippen molar-refractivity contribution in [3.05, 3.63) is 89.8 Å². The van der Waals surface area contributed by atoms with Gasteiger partial charge in [0.1, 0.15) is 5.69 Å². The second-order valence-corrected chi connectivity index (χ2v) is 5.51. The van der Waals surface area contributed by atoms with Crippen LogP contribution in [-0.4, -0.2) is 26.8 Å². The minimum absolute atomic E-state index is 0.186. The first-order chi connectivity index (χ1) is 12.7. The van der Waals surface area contributed by atoms with Gasteiger partial charge in [0, 0.05) is 49.6 Å². The molecule has 7 heteroatoms. The van der Waals surface area contributed by atoms with E-state index in [0.29, 0.717) is 18.7 Å². The molecule has 3 heterocycles. The predicted molar refractivity (Wildman–Crippen MR) is 95.1 cm³/mol. The average Bonchev–Trinajstić information content (AvgIpc) is 2.72. The van der Waals surface area contributed by atoms with Crippen molar-refractivity contribution in [2.75, 3.05) is 0 Å². The lowest BCUT2D eigenvalue weighted by Gasteiger charge is -2.07. The largest absolute Gasteiger partial charge is 0.348 e. The molecule has 7 nitrogen and oxygen atoms in total. The molecule has 0 aromatic carbocycles. The molecule has 26 heavy (non-hydrogen) atoms. The molecule has 2 amide bonds. The number of carbonyl (C=O) groups excluding carboxylic acids is 2. The van der Waals surface area contributed by atoms with Gasteiger partial charge in [-0.25, -0.2) is 0 Å². The van der Waals surface area contributed by atoms with Crippen LogP contribution < -0.4 is 10.6 Å². The number of hydrogen-bond donors (Lipinski definition) is 2. The third kappa shape index (κ3) is 4.70. The topological polar surface area (TPSA) is 96.9 Å². The van der Waals surface area contributed by atoms with Gasteiger partial charge in [-0.15, -0.1) is 0 Å². The monoisotopic (exact) mass is 347 g/mol. The fraction of sp³-hybridized carbons (Fsp3) is 0.105. The molecule has 130 valence electrons. The number of aromatic nitrogens is 3. The molecular formula is C19H17N5O2. The van der Waals surface area contributed by atoms with E-state index in [9.17, 15) is 9.59 Å². The van der Waals surface area contributed by atoms with Gasteiger partial charge in [-0.3, -0.25) is 24.5 Å². The molecule has 0 aliphatic carbocycles. The van der Waals surface area contributed by atoms with Gasteiger partial charge in [0.15, 0.2) is 0 Å². The maximum Gasteiger partial charge on any atom is 0.270 e. The molecule has 3 aromatic heterocycles. The van der Waals surface area contributed by atoms with E-state index in [4.69, 9.17) is 0 Å². The van der Waals surface area contributed by atoms with Gasteiger partial charge in [0.25, 0.3) is 11.8 Å². The minimum atomic E-state index is -0.349. The Morgan fingerprint density at radius 3 is 2.35 bits per heavy atom. The van der Waals surface area contributed by atoms with Gasteiger partial charge in [-0.05, 0) is 41.5 Å².